The summed E-state index contributed by atoms with van der Waals surface area (Å²) in [4.78, 5) is 0. The molecule has 1 aliphatic heterocycles. The Labute approximate surface area is 127 Å². The molecule has 0 aromatic heterocycles. The van der Waals surface area contributed by atoms with Gasteiger partial charge in [0.25, 0.3) is 0 Å². The zero-order valence-corrected chi connectivity index (χ0v) is 13.2. The molecule has 2 aromatic rings. The normalized spacial score (nSPS) is 19.2. The Morgan fingerprint density at radius 1 is 1.00 bits per heavy atom. The lowest BCUT2D eigenvalue weighted by Gasteiger charge is -2.29. The minimum atomic E-state index is -0.256. The van der Waals surface area contributed by atoms with E-state index in [0.717, 1.165) is 5.75 Å². The Kier molecular flexibility index (Phi) is 3.40. The van der Waals surface area contributed by atoms with Crippen LogP contribution < -0.4 is 10.1 Å². The van der Waals surface area contributed by atoms with E-state index in [2.05, 4.69) is 69.4 Å². The van der Waals surface area contributed by atoms with Gasteiger partial charge < -0.3 is 10.1 Å². The van der Waals surface area contributed by atoms with Crippen LogP contribution in [0, 0.1) is 0 Å². The summed E-state index contributed by atoms with van der Waals surface area (Å²) in [6, 6.07) is 17.0. The molecule has 2 nitrogen and oxygen atoms in total. The van der Waals surface area contributed by atoms with Crippen LogP contribution in [0.5, 0.6) is 5.75 Å². The minimum Gasteiger partial charge on any atom is -0.485 e. The fourth-order valence-corrected chi connectivity index (χ4v) is 3.07. The van der Waals surface area contributed by atoms with Crippen molar-refractivity contribution in [1.29, 1.82) is 0 Å². The number of hydrogen-bond acceptors (Lipinski definition) is 2. The van der Waals surface area contributed by atoms with Gasteiger partial charge in [-0.3, -0.25) is 0 Å². The Morgan fingerprint density at radius 2 is 1.67 bits per heavy atom. The summed E-state index contributed by atoms with van der Waals surface area (Å²) in [6.45, 7) is 8.74. The van der Waals surface area contributed by atoms with Crippen molar-refractivity contribution >= 4 is 5.69 Å². The summed E-state index contributed by atoms with van der Waals surface area (Å²) in [5.74, 6) is 1.48. The molecule has 0 bridgehead atoms. The Morgan fingerprint density at radius 3 is 2.43 bits per heavy atom. The van der Waals surface area contributed by atoms with Crippen molar-refractivity contribution in [3.8, 4) is 5.75 Å². The van der Waals surface area contributed by atoms with E-state index in [1.54, 1.807) is 0 Å². The van der Waals surface area contributed by atoms with Gasteiger partial charge in [0.05, 0.1) is 6.04 Å². The number of para-hydroxylation sites is 2. The molecule has 1 aliphatic rings. The van der Waals surface area contributed by atoms with E-state index in [1.165, 1.54) is 16.8 Å². The molecule has 0 saturated heterocycles. The molecule has 2 aromatic carbocycles. The summed E-state index contributed by atoms with van der Waals surface area (Å²) in [6.07, 6.45) is 0. The largest absolute Gasteiger partial charge is 0.485 e. The van der Waals surface area contributed by atoms with Crippen LogP contribution in [0.25, 0.3) is 0 Å². The highest BCUT2D eigenvalue weighted by Crippen LogP contribution is 2.45. The summed E-state index contributed by atoms with van der Waals surface area (Å²) in [7, 11) is 0. The lowest BCUT2D eigenvalue weighted by atomic mass is 9.93. The fourth-order valence-electron chi connectivity index (χ4n) is 3.07. The SMILES string of the molecule is CC(C)c1ccccc1NC1c2ccccc2OC1(C)C. The second-order valence-corrected chi connectivity index (χ2v) is 6.56. The average molecular weight is 281 g/mol. The minimum absolute atomic E-state index is 0.161. The molecule has 1 N–H and O–H groups in total. The zero-order valence-electron chi connectivity index (χ0n) is 13.2. The van der Waals surface area contributed by atoms with E-state index in [4.69, 9.17) is 4.74 Å². The molecule has 2 heteroatoms. The van der Waals surface area contributed by atoms with Gasteiger partial charge in [-0.05, 0) is 37.5 Å². The van der Waals surface area contributed by atoms with Gasteiger partial charge in [0.2, 0.25) is 0 Å². The fraction of sp³-hybridized carbons (Fsp3) is 0.368. The topological polar surface area (TPSA) is 21.3 Å². The van der Waals surface area contributed by atoms with E-state index in [9.17, 15) is 0 Å². The third-order valence-corrected chi connectivity index (χ3v) is 4.18. The van der Waals surface area contributed by atoms with Crippen LogP contribution >= 0.6 is 0 Å². The standard InChI is InChI=1S/C19H23NO/c1-13(2)14-9-5-7-11-16(14)20-18-15-10-6-8-12-17(15)21-19(18,3)4/h5-13,18,20H,1-4H3. The molecule has 3 rings (SSSR count). The maximum Gasteiger partial charge on any atom is 0.128 e. The van der Waals surface area contributed by atoms with E-state index in [0.29, 0.717) is 5.92 Å². The molecule has 0 radical (unpaired) electrons. The van der Waals surface area contributed by atoms with E-state index in [1.807, 2.05) is 12.1 Å². The molecule has 0 spiro atoms. The average Bonchev–Trinajstić information content (AvgIpc) is 2.70. The first-order valence-electron chi connectivity index (χ1n) is 7.62. The van der Waals surface area contributed by atoms with E-state index < -0.39 is 0 Å². The first-order valence-corrected chi connectivity index (χ1v) is 7.62. The molecule has 1 unspecified atom stereocenters. The second kappa shape index (κ2) is 5.10. The summed E-state index contributed by atoms with van der Waals surface area (Å²) < 4.78 is 6.12. The summed E-state index contributed by atoms with van der Waals surface area (Å²) >= 11 is 0. The smallest absolute Gasteiger partial charge is 0.128 e. The van der Waals surface area contributed by atoms with E-state index in [-0.39, 0.29) is 11.6 Å². The van der Waals surface area contributed by atoms with Gasteiger partial charge in [0, 0.05) is 11.3 Å². The van der Waals surface area contributed by atoms with Crippen LogP contribution in [0.1, 0.15) is 50.8 Å². The molecule has 1 atom stereocenters. The van der Waals surface area contributed by atoms with Crippen molar-refractivity contribution in [1.82, 2.24) is 0 Å². The molecule has 0 amide bonds. The van der Waals surface area contributed by atoms with Crippen molar-refractivity contribution in [3.05, 3.63) is 59.7 Å². The zero-order chi connectivity index (χ0) is 15.0. The lowest BCUT2D eigenvalue weighted by Crippen LogP contribution is -2.35. The number of benzene rings is 2. The maximum absolute atomic E-state index is 6.12. The van der Waals surface area contributed by atoms with Gasteiger partial charge in [0.1, 0.15) is 11.4 Å². The molecule has 21 heavy (non-hydrogen) atoms. The van der Waals surface area contributed by atoms with Crippen LogP contribution in [-0.4, -0.2) is 5.60 Å². The van der Waals surface area contributed by atoms with Crippen molar-refractivity contribution in [3.63, 3.8) is 0 Å². The number of fused-ring (bicyclic) bond motifs is 1. The molecular weight excluding hydrogens is 258 g/mol. The predicted molar refractivity (Wildman–Crippen MR) is 88.0 cm³/mol. The highest BCUT2D eigenvalue weighted by atomic mass is 16.5. The number of anilines is 1. The van der Waals surface area contributed by atoms with Gasteiger partial charge in [-0.25, -0.2) is 0 Å². The molecule has 0 fully saturated rings. The molecule has 0 saturated carbocycles. The number of rotatable bonds is 3. The first-order chi connectivity index (χ1) is 9.99. The van der Waals surface area contributed by atoms with E-state index >= 15 is 0 Å². The van der Waals surface area contributed by atoms with Crippen molar-refractivity contribution in [2.24, 2.45) is 0 Å². The van der Waals surface area contributed by atoms with Gasteiger partial charge in [-0.2, -0.15) is 0 Å². The van der Waals surface area contributed by atoms with Crippen LogP contribution in [0.15, 0.2) is 48.5 Å². The van der Waals surface area contributed by atoms with Crippen LogP contribution in [-0.2, 0) is 0 Å². The molecular formula is C19H23NO. The molecule has 1 heterocycles. The third kappa shape index (κ3) is 2.51. The van der Waals surface area contributed by atoms with Crippen LogP contribution in [0.2, 0.25) is 0 Å². The Hall–Kier alpha value is -1.96. The highest BCUT2D eigenvalue weighted by molar-refractivity contribution is 5.57. The van der Waals surface area contributed by atoms with Gasteiger partial charge in [-0.15, -0.1) is 0 Å². The summed E-state index contributed by atoms with van der Waals surface area (Å²) in [5, 5.41) is 3.71. The van der Waals surface area contributed by atoms with Crippen molar-refractivity contribution < 1.29 is 4.74 Å². The van der Waals surface area contributed by atoms with Gasteiger partial charge in [0.15, 0.2) is 0 Å². The monoisotopic (exact) mass is 281 g/mol. The quantitative estimate of drug-likeness (QED) is 0.841. The van der Waals surface area contributed by atoms with Gasteiger partial charge >= 0.3 is 0 Å². The summed E-state index contributed by atoms with van der Waals surface area (Å²) in [5.41, 5.74) is 3.53. The Balaban J connectivity index is 1.98. The first kappa shape index (κ1) is 14.0. The molecule has 110 valence electrons. The lowest BCUT2D eigenvalue weighted by molar-refractivity contribution is 0.118. The van der Waals surface area contributed by atoms with Crippen LogP contribution in [0.4, 0.5) is 5.69 Å². The van der Waals surface area contributed by atoms with Crippen LogP contribution in [0.3, 0.4) is 0 Å². The Bertz CT molecular complexity index is 646. The van der Waals surface area contributed by atoms with Gasteiger partial charge in [-0.1, -0.05) is 50.2 Å². The predicted octanol–water partition coefficient (Wildman–Crippen LogP) is 5.13. The van der Waals surface area contributed by atoms with Crippen molar-refractivity contribution in [2.45, 2.75) is 45.3 Å². The second-order valence-electron chi connectivity index (χ2n) is 6.56. The third-order valence-electron chi connectivity index (χ3n) is 4.18. The van der Waals surface area contributed by atoms with Crippen molar-refractivity contribution in [2.75, 3.05) is 5.32 Å². The number of ether oxygens (including phenoxy) is 1. The highest BCUT2D eigenvalue weighted by Gasteiger charge is 2.41. The number of nitrogens with one attached hydrogen (secondary N) is 1. The number of hydrogen-bond donors (Lipinski definition) is 1. The maximum atomic E-state index is 6.12. The molecule has 0 aliphatic carbocycles.